The van der Waals surface area contributed by atoms with Gasteiger partial charge in [0.25, 0.3) is 0 Å². The van der Waals surface area contributed by atoms with Gasteiger partial charge in [-0.2, -0.15) is 0 Å². The first kappa shape index (κ1) is 16.3. The summed E-state index contributed by atoms with van der Waals surface area (Å²) in [7, 11) is 3.63. The minimum atomic E-state index is -0.100. The largest absolute Gasteiger partial charge is 0.341 e. The van der Waals surface area contributed by atoms with Crippen molar-refractivity contribution >= 4 is 11.8 Å². The highest BCUT2D eigenvalue weighted by Gasteiger charge is 2.27. The lowest BCUT2D eigenvalue weighted by Gasteiger charge is -2.33. The summed E-state index contributed by atoms with van der Waals surface area (Å²) in [5, 5.41) is 3.25. The van der Waals surface area contributed by atoms with Crippen molar-refractivity contribution in [3.63, 3.8) is 0 Å². The van der Waals surface area contributed by atoms with E-state index in [0.29, 0.717) is 6.04 Å². The van der Waals surface area contributed by atoms with Gasteiger partial charge in [0.1, 0.15) is 0 Å². The third-order valence-electron chi connectivity index (χ3n) is 4.87. The molecule has 0 radical (unpaired) electrons. The molecule has 2 aliphatic rings. The SMILES string of the molecule is CN(CC(=O)N(C)C1CCCCC1)C(=O)[C@@H]1CCCCN1. The highest BCUT2D eigenvalue weighted by molar-refractivity contribution is 5.87. The predicted octanol–water partition coefficient (Wildman–Crippen LogP) is 1.38. The first-order valence-electron chi connectivity index (χ1n) is 8.33. The minimum absolute atomic E-state index is 0.0556. The van der Waals surface area contributed by atoms with Crippen molar-refractivity contribution in [3.8, 4) is 0 Å². The van der Waals surface area contributed by atoms with Crippen molar-refractivity contribution < 1.29 is 9.59 Å². The maximum Gasteiger partial charge on any atom is 0.242 e. The molecule has 5 heteroatoms. The molecular formula is C16H29N3O2. The smallest absolute Gasteiger partial charge is 0.242 e. The molecule has 21 heavy (non-hydrogen) atoms. The third-order valence-corrected chi connectivity index (χ3v) is 4.87. The van der Waals surface area contributed by atoms with E-state index in [1.165, 1.54) is 19.3 Å². The summed E-state index contributed by atoms with van der Waals surface area (Å²) in [6, 6.07) is 0.263. The molecule has 0 bridgehead atoms. The van der Waals surface area contributed by atoms with Crippen LogP contribution in [-0.2, 0) is 9.59 Å². The molecule has 120 valence electrons. The zero-order chi connectivity index (χ0) is 15.2. The molecule has 1 saturated carbocycles. The molecule has 1 aliphatic carbocycles. The van der Waals surface area contributed by atoms with Gasteiger partial charge in [-0.05, 0) is 32.2 Å². The van der Waals surface area contributed by atoms with E-state index < -0.39 is 0 Å². The van der Waals surface area contributed by atoms with E-state index in [9.17, 15) is 9.59 Å². The number of amides is 2. The molecule has 0 aromatic rings. The van der Waals surface area contributed by atoms with E-state index in [0.717, 1.165) is 38.6 Å². The zero-order valence-electron chi connectivity index (χ0n) is 13.4. The number of hydrogen-bond acceptors (Lipinski definition) is 3. The molecule has 0 aromatic heterocycles. The van der Waals surface area contributed by atoms with Crippen LogP contribution >= 0.6 is 0 Å². The van der Waals surface area contributed by atoms with Crippen molar-refractivity contribution in [2.45, 2.75) is 63.5 Å². The van der Waals surface area contributed by atoms with Crippen molar-refractivity contribution in [1.29, 1.82) is 0 Å². The van der Waals surface area contributed by atoms with Crippen molar-refractivity contribution in [3.05, 3.63) is 0 Å². The maximum absolute atomic E-state index is 12.4. The van der Waals surface area contributed by atoms with Gasteiger partial charge in [0.2, 0.25) is 11.8 Å². The molecule has 1 atom stereocenters. The van der Waals surface area contributed by atoms with Crippen molar-refractivity contribution in [2.24, 2.45) is 0 Å². The van der Waals surface area contributed by atoms with Gasteiger partial charge < -0.3 is 15.1 Å². The number of nitrogens with zero attached hydrogens (tertiary/aromatic N) is 2. The number of carbonyl (C=O) groups is 2. The number of hydrogen-bond donors (Lipinski definition) is 1. The summed E-state index contributed by atoms with van der Waals surface area (Å²) in [6.45, 7) is 1.10. The minimum Gasteiger partial charge on any atom is -0.341 e. The first-order chi connectivity index (χ1) is 10.1. The summed E-state index contributed by atoms with van der Waals surface area (Å²) < 4.78 is 0. The number of piperidine rings is 1. The molecule has 2 fully saturated rings. The number of nitrogens with one attached hydrogen (secondary N) is 1. The van der Waals surface area contributed by atoms with Gasteiger partial charge in [-0.25, -0.2) is 0 Å². The van der Waals surface area contributed by atoms with Crippen LogP contribution in [0.25, 0.3) is 0 Å². The van der Waals surface area contributed by atoms with E-state index in [4.69, 9.17) is 0 Å². The molecule has 5 nitrogen and oxygen atoms in total. The Labute approximate surface area is 128 Å². The quantitative estimate of drug-likeness (QED) is 0.852. The topological polar surface area (TPSA) is 52.7 Å². The predicted molar refractivity (Wildman–Crippen MR) is 82.9 cm³/mol. The third kappa shape index (κ3) is 4.43. The molecule has 2 rings (SSSR count). The second kappa shape index (κ2) is 7.78. The summed E-state index contributed by atoms with van der Waals surface area (Å²) in [4.78, 5) is 28.1. The molecule has 1 aliphatic heterocycles. The van der Waals surface area contributed by atoms with Crippen LogP contribution in [0.2, 0.25) is 0 Å². The Morgan fingerprint density at radius 1 is 1.00 bits per heavy atom. The highest BCUT2D eigenvalue weighted by atomic mass is 16.2. The summed E-state index contributed by atoms with van der Waals surface area (Å²) in [5.41, 5.74) is 0. The molecule has 1 heterocycles. The van der Waals surface area contributed by atoms with Crippen molar-refractivity contribution in [1.82, 2.24) is 15.1 Å². The van der Waals surface area contributed by atoms with Gasteiger partial charge in [-0.1, -0.05) is 25.7 Å². The maximum atomic E-state index is 12.4. The highest BCUT2D eigenvalue weighted by Crippen LogP contribution is 2.21. The van der Waals surface area contributed by atoms with Crippen LogP contribution in [0.5, 0.6) is 0 Å². The first-order valence-corrected chi connectivity index (χ1v) is 8.33. The molecule has 1 N–H and O–H groups in total. The number of carbonyl (C=O) groups excluding carboxylic acids is 2. The Hall–Kier alpha value is -1.10. The van der Waals surface area contributed by atoms with Crippen LogP contribution in [0.15, 0.2) is 0 Å². The van der Waals surface area contributed by atoms with Gasteiger partial charge in [0, 0.05) is 20.1 Å². The van der Waals surface area contributed by atoms with Gasteiger partial charge in [-0.15, -0.1) is 0 Å². The fourth-order valence-electron chi connectivity index (χ4n) is 3.39. The monoisotopic (exact) mass is 295 g/mol. The average Bonchev–Trinajstić information content (AvgIpc) is 2.55. The summed E-state index contributed by atoms with van der Waals surface area (Å²) in [6.07, 6.45) is 9.02. The molecule has 0 unspecified atom stereocenters. The van der Waals surface area contributed by atoms with Crippen LogP contribution in [0.1, 0.15) is 51.4 Å². The van der Waals surface area contributed by atoms with E-state index in [1.807, 2.05) is 11.9 Å². The van der Waals surface area contributed by atoms with Gasteiger partial charge in [-0.3, -0.25) is 9.59 Å². The Morgan fingerprint density at radius 2 is 1.67 bits per heavy atom. The fraction of sp³-hybridized carbons (Fsp3) is 0.875. The van der Waals surface area contributed by atoms with Crippen LogP contribution in [-0.4, -0.2) is 60.9 Å². The van der Waals surface area contributed by atoms with Gasteiger partial charge in [0.15, 0.2) is 0 Å². The Bertz CT molecular complexity index is 361. The molecule has 0 spiro atoms. The fourth-order valence-corrected chi connectivity index (χ4v) is 3.39. The Balaban J connectivity index is 1.81. The number of rotatable bonds is 4. The molecule has 1 saturated heterocycles. The molecule has 2 amide bonds. The lowest BCUT2D eigenvalue weighted by Crippen LogP contribution is -2.50. The second-order valence-electron chi connectivity index (χ2n) is 6.49. The lowest BCUT2D eigenvalue weighted by molar-refractivity contribution is -0.141. The zero-order valence-corrected chi connectivity index (χ0v) is 13.4. The van der Waals surface area contributed by atoms with E-state index >= 15 is 0 Å². The van der Waals surface area contributed by atoms with Gasteiger partial charge in [0.05, 0.1) is 12.6 Å². The Morgan fingerprint density at radius 3 is 2.29 bits per heavy atom. The van der Waals surface area contributed by atoms with Crippen LogP contribution in [0.4, 0.5) is 0 Å². The molecular weight excluding hydrogens is 266 g/mol. The Kier molecular flexibility index (Phi) is 6.03. The second-order valence-corrected chi connectivity index (χ2v) is 6.49. The normalized spacial score (nSPS) is 23.6. The van der Waals surface area contributed by atoms with Crippen LogP contribution in [0.3, 0.4) is 0 Å². The number of likely N-dealkylation sites (N-methyl/N-ethyl adjacent to an activating group) is 2. The van der Waals surface area contributed by atoms with Crippen LogP contribution in [0, 0.1) is 0 Å². The van der Waals surface area contributed by atoms with E-state index in [1.54, 1.807) is 11.9 Å². The van der Waals surface area contributed by atoms with E-state index in [2.05, 4.69) is 5.32 Å². The summed E-state index contributed by atoms with van der Waals surface area (Å²) >= 11 is 0. The lowest BCUT2D eigenvalue weighted by atomic mass is 9.94. The van der Waals surface area contributed by atoms with Crippen LogP contribution < -0.4 is 5.32 Å². The molecule has 0 aromatic carbocycles. The average molecular weight is 295 g/mol. The van der Waals surface area contributed by atoms with Crippen molar-refractivity contribution in [2.75, 3.05) is 27.2 Å². The van der Waals surface area contributed by atoms with E-state index in [-0.39, 0.29) is 24.4 Å². The standard InChI is InChI=1S/C16H29N3O2/c1-18(16(21)14-10-6-7-11-17-14)12-15(20)19(2)13-8-4-3-5-9-13/h13-14,17H,3-12H2,1-2H3/t14-/m0/s1. The van der Waals surface area contributed by atoms with Gasteiger partial charge >= 0.3 is 0 Å². The summed E-state index contributed by atoms with van der Waals surface area (Å²) in [5.74, 6) is 0.119.